The fourth-order valence-electron chi connectivity index (χ4n) is 2.01. The van der Waals surface area contributed by atoms with Gasteiger partial charge in [-0.25, -0.2) is 14.2 Å². The molecule has 2 aromatic carbocycles. The van der Waals surface area contributed by atoms with Gasteiger partial charge >= 0.3 is 5.97 Å². The van der Waals surface area contributed by atoms with Gasteiger partial charge in [-0.15, -0.1) is 0 Å². The molecule has 0 radical (unpaired) electrons. The fraction of sp³-hybridized carbons (Fsp3) is 0.0588. The molecule has 0 saturated heterocycles. The van der Waals surface area contributed by atoms with E-state index >= 15 is 0 Å². The van der Waals surface area contributed by atoms with Crippen LogP contribution in [-0.2, 0) is 9.53 Å². The van der Waals surface area contributed by atoms with Crippen LogP contribution < -0.4 is 0 Å². The van der Waals surface area contributed by atoms with Crippen LogP contribution in [0.4, 0.5) is 4.39 Å². The first-order chi connectivity index (χ1) is 10.5. The molecule has 0 aromatic heterocycles. The lowest BCUT2D eigenvalue weighted by molar-refractivity contribution is -0.129. The van der Waals surface area contributed by atoms with Crippen LogP contribution in [0.1, 0.15) is 16.7 Å². The van der Waals surface area contributed by atoms with Gasteiger partial charge in [-0.3, -0.25) is 0 Å². The number of cyclic esters (lactones) is 1. The van der Waals surface area contributed by atoms with E-state index in [-0.39, 0.29) is 22.2 Å². The van der Waals surface area contributed by atoms with Crippen LogP contribution in [0.5, 0.6) is 0 Å². The summed E-state index contributed by atoms with van der Waals surface area (Å²) < 4.78 is 18.9. The fourth-order valence-corrected chi connectivity index (χ4v) is 2.23. The van der Waals surface area contributed by atoms with E-state index in [2.05, 4.69) is 4.99 Å². The standard InChI is InChI=1S/C17H11ClFNO2/c1-10-5-7-11(8-6-10)16-20-15(17(21)22-16)9-12-13(18)3-2-4-14(12)19/h2-9H,1H3/b15-9-. The molecule has 1 aliphatic rings. The molecular weight excluding hydrogens is 305 g/mol. The first kappa shape index (κ1) is 14.5. The number of hydrogen-bond acceptors (Lipinski definition) is 3. The predicted molar refractivity (Wildman–Crippen MR) is 83.2 cm³/mol. The second-order valence-corrected chi connectivity index (χ2v) is 5.24. The topological polar surface area (TPSA) is 38.7 Å². The third kappa shape index (κ3) is 2.78. The Morgan fingerprint density at radius 3 is 2.59 bits per heavy atom. The number of carbonyl (C=O) groups is 1. The van der Waals surface area contributed by atoms with Crippen LogP contribution in [0.25, 0.3) is 6.08 Å². The maximum Gasteiger partial charge on any atom is 0.363 e. The molecule has 0 N–H and O–H groups in total. The van der Waals surface area contributed by atoms with E-state index in [0.29, 0.717) is 5.56 Å². The van der Waals surface area contributed by atoms with Crippen LogP contribution >= 0.6 is 11.6 Å². The van der Waals surface area contributed by atoms with Gasteiger partial charge in [0, 0.05) is 11.1 Å². The summed E-state index contributed by atoms with van der Waals surface area (Å²) in [4.78, 5) is 16.0. The third-order valence-corrected chi connectivity index (χ3v) is 3.53. The van der Waals surface area contributed by atoms with Crippen molar-refractivity contribution >= 4 is 29.5 Å². The lowest BCUT2D eigenvalue weighted by Gasteiger charge is -1.99. The average molecular weight is 316 g/mol. The number of nitrogens with zero attached hydrogens (tertiary/aromatic N) is 1. The Hall–Kier alpha value is -2.46. The number of esters is 1. The van der Waals surface area contributed by atoms with Crippen molar-refractivity contribution in [1.29, 1.82) is 0 Å². The molecule has 0 amide bonds. The quantitative estimate of drug-likeness (QED) is 0.617. The van der Waals surface area contributed by atoms with Gasteiger partial charge in [-0.1, -0.05) is 35.4 Å². The zero-order chi connectivity index (χ0) is 15.7. The van der Waals surface area contributed by atoms with Gasteiger partial charge in [0.15, 0.2) is 5.70 Å². The first-order valence-electron chi connectivity index (χ1n) is 6.58. The van der Waals surface area contributed by atoms with Crippen molar-refractivity contribution in [2.75, 3.05) is 0 Å². The summed E-state index contributed by atoms with van der Waals surface area (Å²) in [7, 11) is 0. The summed E-state index contributed by atoms with van der Waals surface area (Å²) in [6.07, 6.45) is 1.29. The average Bonchev–Trinajstić information content (AvgIpc) is 2.85. The van der Waals surface area contributed by atoms with Crippen LogP contribution in [-0.4, -0.2) is 11.9 Å². The van der Waals surface area contributed by atoms with Crippen LogP contribution in [0.2, 0.25) is 5.02 Å². The van der Waals surface area contributed by atoms with Gasteiger partial charge in [-0.05, 0) is 37.3 Å². The summed E-state index contributed by atoms with van der Waals surface area (Å²) in [5.41, 5.74) is 1.90. The van der Waals surface area contributed by atoms with Crippen molar-refractivity contribution in [3.63, 3.8) is 0 Å². The molecule has 0 saturated carbocycles. The monoisotopic (exact) mass is 315 g/mol. The van der Waals surface area contributed by atoms with E-state index in [1.165, 1.54) is 18.2 Å². The SMILES string of the molecule is Cc1ccc(C2=N/C(=C\c3c(F)cccc3Cl)C(=O)O2)cc1. The van der Waals surface area contributed by atoms with E-state index in [4.69, 9.17) is 16.3 Å². The molecule has 110 valence electrons. The number of hydrogen-bond donors (Lipinski definition) is 0. The highest BCUT2D eigenvalue weighted by atomic mass is 35.5. The van der Waals surface area contributed by atoms with Crippen molar-refractivity contribution in [2.24, 2.45) is 4.99 Å². The summed E-state index contributed by atoms with van der Waals surface area (Å²) >= 11 is 5.94. The maximum atomic E-state index is 13.8. The molecule has 1 heterocycles. The van der Waals surface area contributed by atoms with Crippen molar-refractivity contribution in [2.45, 2.75) is 6.92 Å². The smallest absolute Gasteiger partial charge is 0.363 e. The molecule has 5 heteroatoms. The summed E-state index contributed by atoms with van der Waals surface area (Å²) in [5.74, 6) is -0.953. The molecule has 0 unspecified atom stereocenters. The number of halogens is 2. The zero-order valence-electron chi connectivity index (χ0n) is 11.6. The minimum absolute atomic E-state index is 0.0163. The highest BCUT2D eigenvalue weighted by Crippen LogP contribution is 2.25. The lowest BCUT2D eigenvalue weighted by atomic mass is 10.1. The highest BCUT2D eigenvalue weighted by Gasteiger charge is 2.24. The lowest BCUT2D eigenvalue weighted by Crippen LogP contribution is -2.05. The Labute approximate surface area is 131 Å². The molecule has 0 atom stereocenters. The molecular formula is C17H11ClFNO2. The van der Waals surface area contributed by atoms with Crippen LogP contribution in [0.15, 0.2) is 53.2 Å². The summed E-state index contributed by atoms with van der Waals surface area (Å²) in [5, 5.41) is 0.208. The Balaban J connectivity index is 1.99. The minimum atomic E-state index is -0.630. The predicted octanol–water partition coefficient (Wildman–Crippen LogP) is 4.13. The number of ether oxygens (including phenoxy) is 1. The van der Waals surface area contributed by atoms with Gasteiger partial charge < -0.3 is 4.74 Å². The van der Waals surface area contributed by atoms with Crippen LogP contribution in [0, 0.1) is 12.7 Å². The van der Waals surface area contributed by atoms with Crippen molar-refractivity contribution in [3.05, 3.63) is 75.7 Å². The third-order valence-electron chi connectivity index (χ3n) is 3.20. The Morgan fingerprint density at radius 2 is 1.91 bits per heavy atom. The molecule has 0 aliphatic carbocycles. The summed E-state index contributed by atoms with van der Waals surface area (Å²) in [6, 6.07) is 11.7. The van der Waals surface area contributed by atoms with E-state index in [1.54, 1.807) is 18.2 Å². The Kier molecular flexibility index (Phi) is 3.77. The number of rotatable bonds is 2. The highest BCUT2D eigenvalue weighted by molar-refractivity contribution is 6.32. The molecule has 2 aromatic rings. The minimum Gasteiger partial charge on any atom is -0.402 e. The molecule has 3 nitrogen and oxygen atoms in total. The molecule has 22 heavy (non-hydrogen) atoms. The number of aryl methyl sites for hydroxylation is 1. The zero-order valence-corrected chi connectivity index (χ0v) is 12.4. The van der Waals surface area contributed by atoms with Gasteiger partial charge in [-0.2, -0.15) is 0 Å². The van der Waals surface area contributed by atoms with Gasteiger partial charge in [0.05, 0.1) is 5.02 Å². The number of aliphatic imine (C=N–C) groups is 1. The maximum absolute atomic E-state index is 13.8. The largest absolute Gasteiger partial charge is 0.402 e. The van der Waals surface area contributed by atoms with Gasteiger partial charge in [0.2, 0.25) is 5.90 Å². The van der Waals surface area contributed by atoms with Crippen molar-refractivity contribution < 1.29 is 13.9 Å². The van der Waals surface area contributed by atoms with E-state index in [0.717, 1.165) is 5.56 Å². The van der Waals surface area contributed by atoms with Crippen LogP contribution in [0.3, 0.4) is 0 Å². The Bertz CT molecular complexity index is 790. The molecule has 3 rings (SSSR count). The second kappa shape index (κ2) is 5.73. The van der Waals surface area contributed by atoms with Gasteiger partial charge in [0.1, 0.15) is 5.82 Å². The number of benzene rings is 2. The molecule has 0 spiro atoms. The van der Waals surface area contributed by atoms with Crippen molar-refractivity contribution in [1.82, 2.24) is 0 Å². The van der Waals surface area contributed by atoms with Gasteiger partial charge in [0.25, 0.3) is 0 Å². The molecule has 0 fully saturated rings. The molecule has 0 bridgehead atoms. The second-order valence-electron chi connectivity index (χ2n) is 4.84. The normalized spacial score (nSPS) is 15.9. The first-order valence-corrected chi connectivity index (χ1v) is 6.96. The van der Waals surface area contributed by atoms with E-state index in [9.17, 15) is 9.18 Å². The van der Waals surface area contributed by atoms with E-state index < -0.39 is 11.8 Å². The molecule has 1 aliphatic heterocycles. The van der Waals surface area contributed by atoms with Crippen molar-refractivity contribution in [3.8, 4) is 0 Å². The van der Waals surface area contributed by atoms with E-state index in [1.807, 2.05) is 19.1 Å². The Morgan fingerprint density at radius 1 is 1.18 bits per heavy atom. The summed E-state index contributed by atoms with van der Waals surface area (Å²) in [6.45, 7) is 1.96. The number of carbonyl (C=O) groups excluding carboxylic acids is 1.